The van der Waals surface area contributed by atoms with Crippen LogP contribution in [-0.4, -0.2) is 28.8 Å². The van der Waals surface area contributed by atoms with Gasteiger partial charge in [0, 0.05) is 38.0 Å². The molecule has 2 heterocycles. The van der Waals surface area contributed by atoms with Crippen molar-refractivity contribution < 1.29 is 4.74 Å². The molecule has 0 spiro atoms. The summed E-state index contributed by atoms with van der Waals surface area (Å²) in [5.41, 5.74) is 6.16. The maximum absolute atomic E-state index is 6.16. The third-order valence-corrected chi connectivity index (χ3v) is 3.13. The third kappa shape index (κ3) is 2.38. The lowest BCUT2D eigenvalue weighted by Crippen LogP contribution is -2.33. The lowest BCUT2D eigenvalue weighted by molar-refractivity contribution is 0.180. The van der Waals surface area contributed by atoms with Crippen LogP contribution in [-0.2, 0) is 17.7 Å². The highest BCUT2D eigenvalue weighted by atomic mass is 16.5. The number of aromatic nitrogens is 2. The van der Waals surface area contributed by atoms with Crippen molar-refractivity contribution in [2.75, 3.05) is 13.2 Å². The molecule has 84 valence electrons. The summed E-state index contributed by atoms with van der Waals surface area (Å²) < 4.78 is 7.50. The standard InChI is InChI=1S/C11H19N3O/c1-2-14-5-4-13-11(14)7-10(12)9-3-6-15-8-9/h4-5,9-10H,2-3,6-8,12H2,1H3. The molecule has 2 N–H and O–H groups in total. The molecule has 2 unspecified atom stereocenters. The van der Waals surface area contributed by atoms with Gasteiger partial charge in [0.15, 0.2) is 0 Å². The molecule has 1 aliphatic heterocycles. The maximum atomic E-state index is 6.16. The lowest BCUT2D eigenvalue weighted by Gasteiger charge is -2.17. The third-order valence-electron chi connectivity index (χ3n) is 3.13. The molecular formula is C11H19N3O. The van der Waals surface area contributed by atoms with Gasteiger partial charge in [-0.3, -0.25) is 0 Å². The van der Waals surface area contributed by atoms with Gasteiger partial charge in [0.2, 0.25) is 0 Å². The van der Waals surface area contributed by atoms with E-state index in [0.29, 0.717) is 5.92 Å². The summed E-state index contributed by atoms with van der Waals surface area (Å²) in [6, 6.07) is 0.181. The van der Waals surface area contributed by atoms with Crippen LogP contribution in [0, 0.1) is 5.92 Å². The monoisotopic (exact) mass is 209 g/mol. The average molecular weight is 209 g/mol. The minimum atomic E-state index is 0.181. The molecule has 0 aliphatic carbocycles. The number of hydrogen-bond donors (Lipinski definition) is 1. The van der Waals surface area contributed by atoms with Crippen molar-refractivity contribution in [3.05, 3.63) is 18.2 Å². The van der Waals surface area contributed by atoms with Crippen molar-refractivity contribution >= 4 is 0 Å². The fraction of sp³-hybridized carbons (Fsp3) is 0.727. The quantitative estimate of drug-likeness (QED) is 0.798. The zero-order chi connectivity index (χ0) is 10.7. The zero-order valence-electron chi connectivity index (χ0n) is 9.22. The van der Waals surface area contributed by atoms with Crippen molar-refractivity contribution in [3.63, 3.8) is 0 Å². The Kier molecular flexibility index (Phi) is 3.38. The molecular weight excluding hydrogens is 190 g/mol. The lowest BCUT2D eigenvalue weighted by atomic mass is 9.97. The van der Waals surface area contributed by atoms with Crippen LogP contribution >= 0.6 is 0 Å². The van der Waals surface area contributed by atoms with Gasteiger partial charge in [-0.05, 0) is 19.3 Å². The van der Waals surface area contributed by atoms with Crippen LogP contribution in [0.25, 0.3) is 0 Å². The van der Waals surface area contributed by atoms with Gasteiger partial charge < -0.3 is 15.0 Å². The molecule has 0 aromatic carbocycles. The summed E-state index contributed by atoms with van der Waals surface area (Å²) in [6.07, 6.45) is 5.80. The van der Waals surface area contributed by atoms with E-state index in [4.69, 9.17) is 10.5 Å². The van der Waals surface area contributed by atoms with Crippen LogP contribution in [0.1, 0.15) is 19.2 Å². The van der Waals surface area contributed by atoms with Crippen molar-refractivity contribution in [2.24, 2.45) is 11.7 Å². The fourth-order valence-electron chi connectivity index (χ4n) is 2.09. The van der Waals surface area contributed by atoms with Gasteiger partial charge in [0.1, 0.15) is 5.82 Å². The summed E-state index contributed by atoms with van der Waals surface area (Å²) in [5, 5.41) is 0. The molecule has 0 amide bonds. The van der Waals surface area contributed by atoms with Crippen LogP contribution < -0.4 is 5.73 Å². The van der Waals surface area contributed by atoms with Gasteiger partial charge in [-0.1, -0.05) is 0 Å². The Morgan fingerprint density at radius 3 is 3.27 bits per heavy atom. The summed E-state index contributed by atoms with van der Waals surface area (Å²) in [6.45, 7) is 4.76. The second-order valence-electron chi connectivity index (χ2n) is 4.12. The molecule has 1 fully saturated rings. The first kappa shape index (κ1) is 10.6. The number of nitrogens with zero attached hydrogens (tertiary/aromatic N) is 2. The van der Waals surface area contributed by atoms with Gasteiger partial charge >= 0.3 is 0 Å². The molecule has 0 bridgehead atoms. The topological polar surface area (TPSA) is 53.1 Å². The van der Waals surface area contributed by atoms with E-state index in [0.717, 1.165) is 38.4 Å². The highest BCUT2D eigenvalue weighted by Gasteiger charge is 2.23. The van der Waals surface area contributed by atoms with Crippen molar-refractivity contribution in [3.8, 4) is 0 Å². The molecule has 0 radical (unpaired) electrons. The smallest absolute Gasteiger partial charge is 0.110 e. The van der Waals surface area contributed by atoms with E-state index in [1.165, 1.54) is 0 Å². The minimum absolute atomic E-state index is 0.181. The first-order valence-electron chi connectivity index (χ1n) is 5.64. The van der Waals surface area contributed by atoms with Crippen LogP contribution in [0.3, 0.4) is 0 Å². The normalized spacial score (nSPS) is 23.2. The summed E-state index contributed by atoms with van der Waals surface area (Å²) in [7, 11) is 0. The fourth-order valence-corrected chi connectivity index (χ4v) is 2.09. The first-order valence-corrected chi connectivity index (χ1v) is 5.64. The molecule has 0 saturated carbocycles. The van der Waals surface area contributed by atoms with Gasteiger partial charge in [-0.2, -0.15) is 0 Å². The number of hydrogen-bond acceptors (Lipinski definition) is 3. The van der Waals surface area contributed by atoms with Gasteiger partial charge in [0.25, 0.3) is 0 Å². The molecule has 4 nitrogen and oxygen atoms in total. The van der Waals surface area contributed by atoms with E-state index >= 15 is 0 Å². The second-order valence-corrected chi connectivity index (χ2v) is 4.12. The predicted molar refractivity (Wildman–Crippen MR) is 58.5 cm³/mol. The molecule has 1 aromatic rings. The maximum Gasteiger partial charge on any atom is 0.110 e. The Morgan fingerprint density at radius 2 is 2.60 bits per heavy atom. The second kappa shape index (κ2) is 4.77. The van der Waals surface area contributed by atoms with Crippen LogP contribution in [0.5, 0.6) is 0 Å². The largest absolute Gasteiger partial charge is 0.381 e. The van der Waals surface area contributed by atoms with Crippen LogP contribution in [0.4, 0.5) is 0 Å². The van der Waals surface area contributed by atoms with E-state index in [1.54, 1.807) is 0 Å². The number of rotatable bonds is 4. The van der Waals surface area contributed by atoms with Gasteiger partial charge in [-0.25, -0.2) is 4.98 Å². The van der Waals surface area contributed by atoms with E-state index < -0.39 is 0 Å². The van der Waals surface area contributed by atoms with Gasteiger partial charge in [-0.15, -0.1) is 0 Å². The Morgan fingerprint density at radius 1 is 1.73 bits per heavy atom. The molecule has 2 rings (SSSR count). The Hall–Kier alpha value is -0.870. The number of ether oxygens (including phenoxy) is 1. The summed E-state index contributed by atoms with van der Waals surface area (Å²) in [5.74, 6) is 1.60. The molecule has 1 aliphatic rings. The molecule has 4 heteroatoms. The Balaban J connectivity index is 1.95. The summed E-state index contributed by atoms with van der Waals surface area (Å²) in [4.78, 5) is 4.34. The van der Waals surface area contributed by atoms with Crippen LogP contribution in [0.15, 0.2) is 12.4 Å². The van der Waals surface area contributed by atoms with Crippen molar-refractivity contribution in [1.29, 1.82) is 0 Å². The van der Waals surface area contributed by atoms with Crippen LogP contribution in [0.2, 0.25) is 0 Å². The first-order chi connectivity index (χ1) is 7.31. The van der Waals surface area contributed by atoms with E-state index in [1.807, 2.05) is 12.4 Å². The minimum Gasteiger partial charge on any atom is -0.381 e. The number of aryl methyl sites for hydroxylation is 1. The molecule has 1 saturated heterocycles. The highest BCUT2D eigenvalue weighted by Crippen LogP contribution is 2.17. The van der Waals surface area contributed by atoms with E-state index in [-0.39, 0.29) is 6.04 Å². The predicted octanol–water partition coefficient (Wildman–Crippen LogP) is 0.809. The zero-order valence-corrected chi connectivity index (χ0v) is 9.22. The Bertz CT molecular complexity index is 305. The highest BCUT2D eigenvalue weighted by molar-refractivity contribution is 4.96. The molecule has 2 atom stereocenters. The average Bonchev–Trinajstić information content (AvgIpc) is 2.87. The molecule has 15 heavy (non-hydrogen) atoms. The molecule has 1 aromatic heterocycles. The SMILES string of the molecule is CCn1ccnc1CC(N)C1CCOC1. The van der Waals surface area contributed by atoms with E-state index in [9.17, 15) is 0 Å². The Labute approximate surface area is 90.4 Å². The number of nitrogens with two attached hydrogens (primary N) is 1. The van der Waals surface area contributed by atoms with E-state index in [2.05, 4.69) is 16.5 Å². The van der Waals surface area contributed by atoms with Crippen molar-refractivity contribution in [2.45, 2.75) is 32.4 Å². The summed E-state index contributed by atoms with van der Waals surface area (Å²) >= 11 is 0. The number of imidazole rings is 1. The van der Waals surface area contributed by atoms with Crippen molar-refractivity contribution in [1.82, 2.24) is 9.55 Å². The van der Waals surface area contributed by atoms with Gasteiger partial charge in [0.05, 0.1) is 6.61 Å².